The molecule has 3 heterocycles. The Morgan fingerprint density at radius 1 is 1.03 bits per heavy atom. The van der Waals surface area contributed by atoms with Gasteiger partial charge >= 0.3 is 0 Å². The number of benzene rings is 1. The van der Waals surface area contributed by atoms with E-state index in [9.17, 15) is 14.0 Å². The van der Waals surface area contributed by atoms with Gasteiger partial charge in [0.25, 0.3) is 0 Å². The van der Waals surface area contributed by atoms with Crippen molar-refractivity contribution < 1.29 is 14.0 Å². The molecule has 2 fully saturated rings. The quantitative estimate of drug-likeness (QED) is 0.754. The van der Waals surface area contributed by atoms with Crippen molar-refractivity contribution in [2.45, 2.75) is 25.3 Å². The third-order valence-corrected chi connectivity index (χ3v) is 7.44. The molecule has 5 nitrogen and oxygen atoms in total. The molecule has 5 rings (SSSR count). The maximum atomic E-state index is 13.9. The number of rotatable bonds is 4. The molecule has 2 amide bonds. The summed E-state index contributed by atoms with van der Waals surface area (Å²) in [5.74, 6) is 0.327. The minimum Gasteiger partial charge on any atom is -0.339 e. The summed E-state index contributed by atoms with van der Waals surface area (Å²) in [6, 6.07) is 8.73. The summed E-state index contributed by atoms with van der Waals surface area (Å²) >= 11 is 1.73. The van der Waals surface area contributed by atoms with Crippen LogP contribution in [0.3, 0.4) is 0 Å². The summed E-state index contributed by atoms with van der Waals surface area (Å²) < 4.78 is 13.9. The molecule has 1 saturated heterocycles. The molecule has 1 aliphatic carbocycles. The van der Waals surface area contributed by atoms with Crippen molar-refractivity contribution >= 4 is 23.2 Å². The van der Waals surface area contributed by atoms with Crippen LogP contribution in [0.4, 0.5) is 4.39 Å². The van der Waals surface area contributed by atoms with Gasteiger partial charge in [0, 0.05) is 43.5 Å². The molecular weight excluding hydrogens is 401 g/mol. The highest BCUT2D eigenvalue weighted by atomic mass is 32.1. The largest absolute Gasteiger partial charge is 0.339 e. The molecular formula is C23H26FN3O2S. The molecule has 158 valence electrons. The minimum atomic E-state index is -0.252. The van der Waals surface area contributed by atoms with Crippen LogP contribution in [0, 0.1) is 11.7 Å². The first kappa shape index (κ1) is 19.7. The molecule has 1 atom stereocenters. The van der Waals surface area contributed by atoms with Crippen LogP contribution < -0.4 is 0 Å². The Hall–Kier alpha value is -2.25. The number of halogens is 1. The average Bonchev–Trinajstić information content (AvgIpc) is 3.50. The van der Waals surface area contributed by atoms with E-state index in [1.165, 1.54) is 16.5 Å². The average molecular weight is 428 g/mol. The third-order valence-electron chi connectivity index (χ3n) is 6.44. The number of amides is 2. The van der Waals surface area contributed by atoms with Crippen LogP contribution in [0.2, 0.25) is 0 Å². The highest BCUT2D eigenvalue weighted by Crippen LogP contribution is 2.38. The first-order chi connectivity index (χ1) is 14.6. The van der Waals surface area contributed by atoms with E-state index >= 15 is 0 Å². The van der Waals surface area contributed by atoms with E-state index in [1.807, 2.05) is 15.9 Å². The summed E-state index contributed by atoms with van der Waals surface area (Å²) in [7, 11) is 0. The standard InChI is InChI=1S/C23H26FN3O2S/c24-18-3-1-2-17(14-18)22-19-7-13-30-20(19)6-8-27(22)15-21(28)25-9-11-26(12-10-25)23(29)16-4-5-16/h1-3,7,13-14,16,22H,4-6,8-12,15H2/t22-/m0/s1. The molecule has 1 aromatic heterocycles. The Labute approximate surface area is 180 Å². The van der Waals surface area contributed by atoms with E-state index in [2.05, 4.69) is 16.3 Å². The fraction of sp³-hybridized carbons (Fsp3) is 0.478. The molecule has 1 aromatic carbocycles. The number of piperazine rings is 1. The molecule has 3 aliphatic rings. The molecule has 2 aliphatic heterocycles. The zero-order chi connectivity index (χ0) is 20.7. The Bertz CT molecular complexity index is 949. The van der Waals surface area contributed by atoms with E-state index in [0.29, 0.717) is 32.7 Å². The van der Waals surface area contributed by atoms with Crippen molar-refractivity contribution in [3.8, 4) is 0 Å². The van der Waals surface area contributed by atoms with E-state index in [-0.39, 0.29) is 29.6 Å². The molecule has 0 bridgehead atoms. The van der Waals surface area contributed by atoms with Crippen molar-refractivity contribution in [1.82, 2.24) is 14.7 Å². The predicted octanol–water partition coefficient (Wildman–Crippen LogP) is 2.92. The van der Waals surface area contributed by atoms with E-state index in [0.717, 1.165) is 31.4 Å². The molecule has 7 heteroatoms. The van der Waals surface area contributed by atoms with Crippen LogP contribution in [-0.2, 0) is 16.0 Å². The monoisotopic (exact) mass is 427 g/mol. The molecule has 30 heavy (non-hydrogen) atoms. The van der Waals surface area contributed by atoms with E-state index < -0.39 is 0 Å². The molecule has 0 radical (unpaired) electrons. The second-order valence-electron chi connectivity index (χ2n) is 8.46. The van der Waals surface area contributed by atoms with Crippen LogP contribution in [-0.4, -0.2) is 65.8 Å². The van der Waals surface area contributed by atoms with Gasteiger partial charge in [0.05, 0.1) is 12.6 Å². The maximum absolute atomic E-state index is 13.9. The second kappa shape index (κ2) is 8.12. The predicted molar refractivity (Wildman–Crippen MR) is 114 cm³/mol. The van der Waals surface area contributed by atoms with Gasteiger partial charge in [-0.15, -0.1) is 11.3 Å². The van der Waals surface area contributed by atoms with Crippen LogP contribution in [0.25, 0.3) is 0 Å². The highest BCUT2D eigenvalue weighted by molar-refractivity contribution is 7.10. The third kappa shape index (κ3) is 3.88. The number of fused-ring (bicyclic) bond motifs is 1. The maximum Gasteiger partial charge on any atom is 0.236 e. The Kier molecular flexibility index (Phi) is 5.33. The molecule has 0 spiro atoms. The number of carbonyl (C=O) groups is 2. The fourth-order valence-corrected chi connectivity index (χ4v) is 5.55. The highest BCUT2D eigenvalue weighted by Gasteiger charge is 2.36. The lowest BCUT2D eigenvalue weighted by Crippen LogP contribution is -2.53. The van der Waals surface area contributed by atoms with Gasteiger partial charge in [-0.1, -0.05) is 12.1 Å². The van der Waals surface area contributed by atoms with Crippen LogP contribution in [0.15, 0.2) is 35.7 Å². The Balaban J connectivity index is 1.28. The lowest BCUT2D eigenvalue weighted by Gasteiger charge is -2.39. The van der Waals surface area contributed by atoms with Crippen molar-refractivity contribution in [3.63, 3.8) is 0 Å². The van der Waals surface area contributed by atoms with Crippen molar-refractivity contribution in [3.05, 3.63) is 57.5 Å². The smallest absolute Gasteiger partial charge is 0.236 e. The number of carbonyl (C=O) groups excluding carboxylic acids is 2. The lowest BCUT2D eigenvalue weighted by molar-refractivity contribution is -0.141. The lowest BCUT2D eigenvalue weighted by atomic mass is 9.93. The summed E-state index contributed by atoms with van der Waals surface area (Å²) in [5.41, 5.74) is 2.08. The van der Waals surface area contributed by atoms with Gasteiger partial charge in [-0.25, -0.2) is 4.39 Å². The van der Waals surface area contributed by atoms with Crippen LogP contribution in [0.5, 0.6) is 0 Å². The normalized spacial score (nSPS) is 22.1. The fourth-order valence-electron chi connectivity index (χ4n) is 4.64. The van der Waals surface area contributed by atoms with Gasteiger partial charge in [0.1, 0.15) is 5.82 Å². The Morgan fingerprint density at radius 2 is 1.80 bits per heavy atom. The SMILES string of the molecule is O=C(CN1CCc2sccc2[C@@H]1c1cccc(F)c1)N1CCN(C(=O)C2CC2)CC1. The summed E-state index contributed by atoms with van der Waals surface area (Å²) in [6.45, 7) is 3.54. The van der Waals surface area contributed by atoms with Crippen LogP contribution >= 0.6 is 11.3 Å². The number of hydrogen-bond acceptors (Lipinski definition) is 4. The van der Waals surface area contributed by atoms with Crippen molar-refractivity contribution in [1.29, 1.82) is 0 Å². The van der Waals surface area contributed by atoms with Gasteiger partial charge in [-0.05, 0) is 54.0 Å². The zero-order valence-corrected chi connectivity index (χ0v) is 17.7. The second-order valence-corrected chi connectivity index (χ2v) is 9.46. The van der Waals surface area contributed by atoms with Gasteiger partial charge in [0.15, 0.2) is 0 Å². The first-order valence-electron chi connectivity index (χ1n) is 10.7. The zero-order valence-electron chi connectivity index (χ0n) is 16.9. The molecule has 2 aromatic rings. The first-order valence-corrected chi connectivity index (χ1v) is 11.6. The van der Waals surface area contributed by atoms with Crippen molar-refractivity contribution in [2.24, 2.45) is 5.92 Å². The van der Waals surface area contributed by atoms with Crippen molar-refractivity contribution in [2.75, 3.05) is 39.3 Å². The van der Waals surface area contributed by atoms with Gasteiger partial charge in [-0.3, -0.25) is 14.5 Å². The molecule has 1 saturated carbocycles. The van der Waals surface area contributed by atoms with E-state index in [1.54, 1.807) is 23.5 Å². The van der Waals surface area contributed by atoms with Crippen LogP contribution in [0.1, 0.15) is 34.9 Å². The van der Waals surface area contributed by atoms with Gasteiger partial charge in [0.2, 0.25) is 11.8 Å². The number of thiophene rings is 1. The Morgan fingerprint density at radius 3 is 2.53 bits per heavy atom. The molecule has 0 unspecified atom stereocenters. The molecule has 0 N–H and O–H groups in total. The summed E-state index contributed by atoms with van der Waals surface area (Å²) in [4.78, 5) is 32.6. The van der Waals surface area contributed by atoms with E-state index in [4.69, 9.17) is 0 Å². The topological polar surface area (TPSA) is 43.9 Å². The minimum absolute atomic E-state index is 0.0913. The van der Waals surface area contributed by atoms with Gasteiger partial charge in [-0.2, -0.15) is 0 Å². The van der Waals surface area contributed by atoms with Gasteiger partial charge < -0.3 is 9.80 Å². The summed E-state index contributed by atoms with van der Waals surface area (Å²) in [6.07, 6.45) is 2.94. The number of hydrogen-bond donors (Lipinski definition) is 0. The number of nitrogens with zero attached hydrogens (tertiary/aromatic N) is 3. The summed E-state index contributed by atoms with van der Waals surface area (Å²) in [5, 5.41) is 2.08.